The van der Waals surface area contributed by atoms with Gasteiger partial charge in [-0.1, -0.05) is 42.5 Å². The van der Waals surface area contributed by atoms with Crippen molar-refractivity contribution in [2.45, 2.75) is 31.5 Å². The number of imidazole rings is 1. The first-order chi connectivity index (χ1) is 17.0. The molecule has 0 bridgehead atoms. The van der Waals surface area contributed by atoms with Gasteiger partial charge in [0.2, 0.25) is 0 Å². The maximum absolute atomic E-state index is 13.4. The molecule has 0 saturated carbocycles. The molecule has 5 rings (SSSR count). The summed E-state index contributed by atoms with van der Waals surface area (Å²) < 4.78 is 40.3. The molecule has 0 spiro atoms. The van der Waals surface area contributed by atoms with E-state index in [-0.39, 0.29) is 5.92 Å². The van der Waals surface area contributed by atoms with Crippen LogP contribution in [0.15, 0.2) is 72.9 Å². The Labute approximate surface area is 201 Å². The van der Waals surface area contributed by atoms with Crippen LogP contribution in [0.25, 0.3) is 22.5 Å². The molecular formula is C27H26F3N5. The minimum atomic E-state index is -4.42. The molecule has 2 aromatic carbocycles. The monoisotopic (exact) mass is 477 g/mol. The smallest absolute Gasteiger partial charge is 0.366 e. The van der Waals surface area contributed by atoms with Gasteiger partial charge in [0.25, 0.3) is 0 Å². The molecule has 1 saturated heterocycles. The van der Waals surface area contributed by atoms with Crippen LogP contribution in [0, 0.1) is 0 Å². The number of nitrogens with one attached hydrogen (secondary N) is 3. The Hall–Kier alpha value is -3.65. The highest BCUT2D eigenvalue weighted by Gasteiger charge is 2.31. The number of rotatable bonds is 6. The summed E-state index contributed by atoms with van der Waals surface area (Å²) in [5.74, 6) is 1.72. The van der Waals surface area contributed by atoms with E-state index in [4.69, 9.17) is 4.98 Å². The van der Waals surface area contributed by atoms with E-state index < -0.39 is 11.7 Å². The van der Waals surface area contributed by atoms with Crippen LogP contribution in [0.3, 0.4) is 0 Å². The Bertz CT molecular complexity index is 1280. The number of alkyl halides is 3. The normalized spacial score (nSPS) is 14.7. The number of aromatic nitrogens is 3. The van der Waals surface area contributed by atoms with Gasteiger partial charge >= 0.3 is 6.18 Å². The number of pyridine rings is 1. The molecule has 3 heterocycles. The Balaban J connectivity index is 1.52. The largest absolute Gasteiger partial charge is 0.416 e. The van der Waals surface area contributed by atoms with E-state index in [1.165, 1.54) is 12.1 Å². The molecule has 1 aliphatic heterocycles. The van der Waals surface area contributed by atoms with E-state index in [0.29, 0.717) is 29.3 Å². The van der Waals surface area contributed by atoms with Gasteiger partial charge in [0, 0.05) is 29.8 Å². The number of piperidine rings is 1. The second-order valence-corrected chi connectivity index (χ2v) is 8.72. The predicted molar refractivity (Wildman–Crippen MR) is 131 cm³/mol. The van der Waals surface area contributed by atoms with Gasteiger partial charge in [-0.2, -0.15) is 13.2 Å². The lowest BCUT2D eigenvalue weighted by atomic mass is 9.97. The number of benzene rings is 2. The molecule has 1 fully saturated rings. The van der Waals surface area contributed by atoms with Gasteiger partial charge in [-0.05, 0) is 55.8 Å². The molecule has 4 aromatic rings. The first kappa shape index (κ1) is 23.1. The van der Waals surface area contributed by atoms with Crippen LogP contribution in [0.2, 0.25) is 0 Å². The first-order valence-electron chi connectivity index (χ1n) is 11.7. The van der Waals surface area contributed by atoms with Crippen LogP contribution in [-0.2, 0) is 12.7 Å². The SMILES string of the molecule is FC(F)(F)c1cccc(-c2nc(C3CCNCC3)[nH]c2-c2ccnc(NCc3ccccc3)c2)c1. The van der Waals surface area contributed by atoms with Crippen molar-refractivity contribution in [2.75, 3.05) is 18.4 Å². The van der Waals surface area contributed by atoms with Crippen molar-refractivity contribution < 1.29 is 13.2 Å². The van der Waals surface area contributed by atoms with Crippen LogP contribution < -0.4 is 10.6 Å². The molecule has 0 aliphatic carbocycles. The lowest BCUT2D eigenvalue weighted by Gasteiger charge is -2.20. The standard InChI is InChI=1S/C27H26F3N5/c28-27(29,30)22-8-4-7-20(15-22)24-25(35-26(34-24)19-9-12-31-13-10-19)21-11-14-32-23(16-21)33-17-18-5-2-1-3-6-18/h1-8,11,14-16,19,31H,9-10,12-13,17H2,(H,32,33)(H,34,35). The summed E-state index contributed by atoms with van der Waals surface area (Å²) in [6.45, 7) is 2.39. The zero-order chi connectivity index (χ0) is 24.3. The number of nitrogens with zero attached hydrogens (tertiary/aromatic N) is 2. The highest BCUT2D eigenvalue weighted by atomic mass is 19.4. The van der Waals surface area contributed by atoms with Gasteiger partial charge in [0.1, 0.15) is 11.6 Å². The van der Waals surface area contributed by atoms with Crippen LogP contribution in [0.1, 0.15) is 35.7 Å². The average Bonchev–Trinajstić information content (AvgIpc) is 3.34. The van der Waals surface area contributed by atoms with Crippen LogP contribution >= 0.6 is 0 Å². The van der Waals surface area contributed by atoms with Crippen molar-refractivity contribution in [1.82, 2.24) is 20.3 Å². The maximum Gasteiger partial charge on any atom is 0.416 e. The molecule has 3 N–H and O–H groups in total. The number of aromatic amines is 1. The summed E-state index contributed by atoms with van der Waals surface area (Å²) >= 11 is 0. The molecule has 5 nitrogen and oxygen atoms in total. The highest BCUT2D eigenvalue weighted by Crippen LogP contribution is 2.37. The number of halogens is 3. The van der Waals surface area contributed by atoms with Crippen molar-refractivity contribution in [2.24, 2.45) is 0 Å². The second-order valence-electron chi connectivity index (χ2n) is 8.72. The summed E-state index contributed by atoms with van der Waals surface area (Å²) in [6.07, 6.45) is -0.871. The van der Waals surface area contributed by atoms with E-state index >= 15 is 0 Å². The lowest BCUT2D eigenvalue weighted by Crippen LogP contribution is -2.27. The molecule has 8 heteroatoms. The summed E-state index contributed by atoms with van der Waals surface area (Å²) in [5, 5.41) is 6.67. The fourth-order valence-corrected chi connectivity index (χ4v) is 4.41. The lowest BCUT2D eigenvalue weighted by molar-refractivity contribution is -0.137. The van der Waals surface area contributed by atoms with Crippen LogP contribution in [-0.4, -0.2) is 28.0 Å². The quantitative estimate of drug-likeness (QED) is 0.308. The van der Waals surface area contributed by atoms with Crippen molar-refractivity contribution >= 4 is 5.82 Å². The van der Waals surface area contributed by atoms with Gasteiger partial charge < -0.3 is 15.6 Å². The van der Waals surface area contributed by atoms with Crippen LogP contribution in [0.4, 0.5) is 19.0 Å². The van der Waals surface area contributed by atoms with Crippen LogP contribution in [0.5, 0.6) is 0 Å². The van der Waals surface area contributed by atoms with Gasteiger partial charge in [-0.3, -0.25) is 0 Å². The molecular weight excluding hydrogens is 451 g/mol. The van der Waals surface area contributed by atoms with Crippen molar-refractivity contribution in [1.29, 1.82) is 0 Å². The third-order valence-electron chi connectivity index (χ3n) is 6.28. The average molecular weight is 478 g/mol. The summed E-state index contributed by atoms with van der Waals surface area (Å²) in [7, 11) is 0. The number of H-pyrrole nitrogens is 1. The maximum atomic E-state index is 13.4. The minimum absolute atomic E-state index is 0.229. The Morgan fingerprint density at radius 3 is 2.49 bits per heavy atom. The third kappa shape index (κ3) is 5.38. The van der Waals surface area contributed by atoms with E-state index in [0.717, 1.165) is 48.9 Å². The van der Waals surface area contributed by atoms with Crippen molar-refractivity contribution in [3.05, 3.63) is 89.9 Å². The zero-order valence-corrected chi connectivity index (χ0v) is 19.1. The fourth-order valence-electron chi connectivity index (χ4n) is 4.41. The van der Waals surface area contributed by atoms with Gasteiger partial charge in [0.05, 0.1) is 17.0 Å². The third-order valence-corrected chi connectivity index (χ3v) is 6.28. The van der Waals surface area contributed by atoms with Gasteiger partial charge in [-0.25, -0.2) is 9.97 Å². The number of hydrogen-bond donors (Lipinski definition) is 3. The molecule has 0 radical (unpaired) electrons. The van der Waals surface area contributed by atoms with E-state index in [9.17, 15) is 13.2 Å². The highest BCUT2D eigenvalue weighted by molar-refractivity contribution is 5.79. The predicted octanol–water partition coefficient (Wildman–Crippen LogP) is 6.24. The summed E-state index contributed by atoms with van der Waals surface area (Å²) in [6, 6.07) is 19.1. The number of anilines is 1. The van der Waals surface area contributed by atoms with Crippen molar-refractivity contribution in [3.63, 3.8) is 0 Å². The van der Waals surface area contributed by atoms with E-state index in [2.05, 4.69) is 20.6 Å². The number of hydrogen-bond acceptors (Lipinski definition) is 4. The Morgan fingerprint density at radius 1 is 0.914 bits per heavy atom. The van der Waals surface area contributed by atoms with E-state index in [1.807, 2.05) is 42.5 Å². The Morgan fingerprint density at radius 2 is 1.71 bits per heavy atom. The molecule has 180 valence electrons. The van der Waals surface area contributed by atoms with E-state index in [1.54, 1.807) is 12.3 Å². The minimum Gasteiger partial charge on any atom is -0.366 e. The van der Waals surface area contributed by atoms with Gasteiger partial charge in [-0.15, -0.1) is 0 Å². The van der Waals surface area contributed by atoms with Gasteiger partial charge in [0.15, 0.2) is 0 Å². The van der Waals surface area contributed by atoms with Crippen molar-refractivity contribution in [3.8, 4) is 22.5 Å². The Kier molecular flexibility index (Phi) is 6.55. The first-order valence-corrected chi connectivity index (χ1v) is 11.7. The fraction of sp³-hybridized carbons (Fsp3) is 0.259. The molecule has 35 heavy (non-hydrogen) atoms. The molecule has 1 aliphatic rings. The molecule has 0 amide bonds. The summed E-state index contributed by atoms with van der Waals surface area (Å²) in [4.78, 5) is 12.7. The zero-order valence-electron chi connectivity index (χ0n) is 19.1. The molecule has 2 aromatic heterocycles. The second kappa shape index (κ2) is 9.92. The molecule has 0 unspecified atom stereocenters. The topological polar surface area (TPSA) is 65.6 Å². The molecule has 0 atom stereocenters. The summed E-state index contributed by atoms with van der Waals surface area (Å²) in [5.41, 5.74) is 2.90.